The van der Waals surface area contributed by atoms with Crippen LogP contribution in [-0.2, 0) is 6.54 Å². The first kappa shape index (κ1) is 21.6. The summed E-state index contributed by atoms with van der Waals surface area (Å²) in [7, 11) is 1.60. The van der Waals surface area contributed by atoms with E-state index in [1.165, 1.54) is 0 Å². The van der Waals surface area contributed by atoms with Crippen LogP contribution in [0, 0.1) is 0 Å². The molecular formula is C18H28IN3O3. The molecule has 0 atom stereocenters. The van der Waals surface area contributed by atoms with Crippen LogP contribution in [0.3, 0.4) is 0 Å². The number of halogens is 1. The van der Waals surface area contributed by atoms with Gasteiger partial charge in [0, 0.05) is 12.6 Å². The van der Waals surface area contributed by atoms with E-state index in [1.807, 2.05) is 18.2 Å². The van der Waals surface area contributed by atoms with Crippen molar-refractivity contribution in [3.63, 3.8) is 0 Å². The van der Waals surface area contributed by atoms with Gasteiger partial charge in [0.15, 0.2) is 17.5 Å². The first-order valence-electron chi connectivity index (χ1n) is 8.37. The van der Waals surface area contributed by atoms with Crippen LogP contribution in [0.15, 0.2) is 35.3 Å². The number of rotatable bonds is 8. The summed E-state index contributed by atoms with van der Waals surface area (Å²) >= 11 is 0. The van der Waals surface area contributed by atoms with Gasteiger partial charge in [0.25, 0.3) is 0 Å². The average Bonchev–Trinajstić information content (AvgIpc) is 3.11. The second kappa shape index (κ2) is 12.0. The minimum atomic E-state index is -0.0249. The number of methoxy groups -OCH3 is 1. The van der Waals surface area contributed by atoms with E-state index in [-0.39, 0.29) is 37.2 Å². The van der Waals surface area contributed by atoms with Gasteiger partial charge >= 0.3 is 0 Å². The van der Waals surface area contributed by atoms with Crippen molar-refractivity contribution < 1.29 is 14.6 Å². The molecule has 0 aromatic heterocycles. The summed E-state index contributed by atoms with van der Waals surface area (Å²) in [5.74, 6) is 2.10. The maximum atomic E-state index is 8.86. The van der Waals surface area contributed by atoms with Gasteiger partial charge in [-0.2, -0.15) is 0 Å². The molecule has 140 valence electrons. The number of aliphatic hydroxyl groups excluding tert-OH is 1. The molecule has 7 heteroatoms. The molecule has 0 saturated carbocycles. The van der Waals surface area contributed by atoms with Crippen molar-refractivity contribution in [2.45, 2.75) is 32.4 Å². The minimum absolute atomic E-state index is 0. The smallest absolute Gasteiger partial charge is 0.191 e. The molecule has 1 aliphatic carbocycles. The lowest BCUT2D eigenvalue weighted by molar-refractivity contribution is 0.196. The molecule has 0 heterocycles. The predicted molar refractivity (Wildman–Crippen MR) is 111 cm³/mol. The molecule has 1 aliphatic rings. The van der Waals surface area contributed by atoms with Gasteiger partial charge in [-0.05, 0) is 37.5 Å². The Kier molecular flexibility index (Phi) is 10.3. The highest BCUT2D eigenvalue weighted by Gasteiger charge is 2.11. The highest BCUT2D eigenvalue weighted by molar-refractivity contribution is 14.0. The van der Waals surface area contributed by atoms with Gasteiger partial charge in [0.1, 0.15) is 6.61 Å². The topological polar surface area (TPSA) is 75.1 Å². The van der Waals surface area contributed by atoms with E-state index < -0.39 is 0 Å². The number of benzene rings is 1. The molecule has 0 radical (unpaired) electrons. The Bertz CT molecular complexity index is 571. The van der Waals surface area contributed by atoms with Crippen molar-refractivity contribution in [2.75, 3.05) is 26.9 Å². The van der Waals surface area contributed by atoms with E-state index in [1.54, 1.807) is 7.11 Å². The lowest BCUT2D eigenvalue weighted by Gasteiger charge is -2.17. The fourth-order valence-electron chi connectivity index (χ4n) is 2.50. The first-order valence-corrected chi connectivity index (χ1v) is 8.37. The summed E-state index contributed by atoms with van der Waals surface area (Å²) in [6.45, 7) is 3.65. The van der Waals surface area contributed by atoms with Crippen LogP contribution in [0.1, 0.15) is 25.3 Å². The van der Waals surface area contributed by atoms with Crippen LogP contribution in [0.2, 0.25) is 0 Å². The zero-order chi connectivity index (χ0) is 17.2. The van der Waals surface area contributed by atoms with Gasteiger partial charge in [-0.15, -0.1) is 24.0 Å². The number of nitrogens with zero attached hydrogens (tertiary/aromatic N) is 1. The van der Waals surface area contributed by atoms with E-state index in [4.69, 9.17) is 14.6 Å². The van der Waals surface area contributed by atoms with Crippen molar-refractivity contribution in [3.8, 4) is 11.5 Å². The van der Waals surface area contributed by atoms with E-state index >= 15 is 0 Å². The van der Waals surface area contributed by atoms with Crippen LogP contribution in [0.25, 0.3) is 0 Å². The van der Waals surface area contributed by atoms with Gasteiger partial charge in [0.05, 0.1) is 20.3 Å². The Morgan fingerprint density at radius 1 is 1.28 bits per heavy atom. The van der Waals surface area contributed by atoms with Crippen LogP contribution in [0.5, 0.6) is 11.5 Å². The zero-order valence-corrected chi connectivity index (χ0v) is 17.2. The third-order valence-electron chi connectivity index (χ3n) is 3.69. The number of hydrogen-bond donors (Lipinski definition) is 3. The molecule has 0 saturated heterocycles. The molecule has 0 fully saturated rings. The number of nitrogens with one attached hydrogen (secondary N) is 2. The summed E-state index contributed by atoms with van der Waals surface area (Å²) in [5.41, 5.74) is 1.03. The standard InChI is InChI=1S/C18H27N3O3.HI/c1-3-19-18(21-15-6-4-5-7-15)20-13-14-8-9-16(24-11-10-22)17(12-14)23-2;/h4-5,8-9,12,15,22H,3,6-7,10-11,13H2,1-2H3,(H2,19,20,21);1H. The van der Waals surface area contributed by atoms with Gasteiger partial charge in [0.2, 0.25) is 0 Å². The summed E-state index contributed by atoms with van der Waals surface area (Å²) in [6, 6.07) is 6.14. The molecule has 0 aliphatic heterocycles. The Morgan fingerprint density at radius 3 is 2.68 bits per heavy atom. The van der Waals surface area contributed by atoms with Crippen molar-refractivity contribution in [1.29, 1.82) is 0 Å². The molecule has 1 aromatic carbocycles. The summed E-state index contributed by atoms with van der Waals surface area (Å²) < 4.78 is 10.8. The van der Waals surface area contributed by atoms with Crippen LogP contribution >= 0.6 is 24.0 Å². The molecule has 2 rings (SSSR count). The minimum Gasteiger partial charge on any atom is -0.493 e. The highest BCUT2D eigenvalue weighted by Crippen LogP contribution is 2.28. The highest BCUT2D eigenvalue weighted by atomic mass is 127. The van der Waals surface area contributed by atoms with Gasteiger partial charge < -0.3 is 25.2 Å². The van der Waals surface area contributed by atoms with E-state index in [0.717, 1.165) is 30.9 Å². The molecule has 0 unspecified atom stereocenters. The second-order valence-electron chi connectivity index (χ2n) is 5.54. The lowest BCUT2D eigenvalue weighted by Crippen LogP contribution is -2.42. The molecule has 1 aromatic rings. The molecule has 25 heavy (non-hydrogen) atoms. The molecular weight excluding hydrogens is 433 g/mol. The maximum Gasteiger partial charge on any atom is 0.191 e. The Balaban J connectivity index is 0.00000312. The Labute approximate surface area is 166 Å². The number of aliphatic hydroxyl groups is 1. The lowest BCUT2D eigenvalue weighted by atomic mass is 10.2. The van der Waals surface area contributed by atoms with E-state index in [0.29, 0.717) is 24.1 Å². The monoisotopic (exact) mass is 461 g/mol. The molecule has 3 N–H and O–H groups in total. The van der Waals surface area contributed by atoms with Crippen molar-refractivity contribution in [3.05, 3.63) is 35.9 Å². The third-order valence-corrected chi connectivity index (χ3v) is 3.69. The molecule has 0 bridgehead atoms. The second-order valence-corrected chi connectivity index (χ2v) is 5.54. The third kappa shape index (κ3) is 7.11. The van der Waals surface area contributed by atoms with Crippen LogP contribution in [-0.4, -0.2) is 44.0 Å². The number of ether oxygens (including phenoxy) is 2. The fraction of sp³-hybridized carbons (Fsp3) is 0.500. The largest absolute Gasteiger partial charge is 0.493 e. The maximum absolute atomic E-state index is 8.86. The Hall–Kier alpha value is -1.48. The molecule has 6 nitrogen and oxygen atoms in total. The van der Waals surface area contributed by atoms with Crippen molar-refractivity contribution in [1.82, 2.24) is 10.6 Å². The summed E-state index contributed by atoms with van der Waals surface area (Å²) in [6.07, 6.45) is 6.46. The number of hydrogen-bond acceptors (Lipinski definition) is 4. The first-order chi connectivity index (χ1) is 11.8. The van der Waals surface area contributed by atoms with Gasteiger partial charge in [-0.3, -0.25) is 0 Å². The normalized spacial score (nSPS) is 14.1. The van der Waals surface area contributed by atoms with Crippen molar-refractivity contribution in [2.24, 2.45) is 4.99 Å². The van der Waals surface area contributed by atoms with Crippen LogP contribution < -0.4 is 20.1 Å². The SMILES string of the molecule is CCNC(=NCc1ccc(OCCO)c(OC)c1)NC1CC=CC1.I. The predicted octanol–water partition coefficient (Wildman–Crippen LogP) is 2.46. The number of guanidine groups is 1. The zero-order valence-electron chi connectivity index (χ0n) is 14.8. The van der Waals surface area contributed by atoms with Gasteiger partial charge in [-0.1, -0.05) is 18.2 Å². The average molecular weight is 461 g/mol. The van der Waals surface area contributed by atoms with E-state index in [2.05, 4.69) is 34.7 Å². The van der Waals surface area contributed by atoms with E-state index in [9.17, 15) is 0 Å². The Morgan fingerprint density at radius 2 is 2.04 bits per heavy atom. The quantitative estimate of drug-likeness (QED) is 0.240. The fourth-order valence-corrected chi connectivity index (χ4v) is 2.50. The van der Waals surface area contributed by atoms with Gasteiger partial charge in [-0.25, -0.2) is 4.99 Å². The van der Waals surface area contributed by atoms with Crippen LogP contribution in [0.4, 0.5) is 0 Å². The molecule has 0 amide bonds. The molecule has 0 spiro atoms. The summed E-state index contributed by atoms with van der Waals surface area (Å²) in [4.78, 5) is 4.64. The summed E-state index contributed by atoms with van der Waals surface area (Å²) in [5, 5.41) is 15.6. The number of aliphatic imine (C=N–C) groups is 1. The van der Waals surface area contributed by atoms with Crippen molar-refractivity contribution >= 4 is 29.9 Å².